The first-order chi connectivity index (χ1) is 14.1. The zero-order valence-corrected chi connectivity index (χ0v) is 17.3. The Morgan fingerprint density at radius 1 is 1.00 bits per heavy atom. The van der Waals surface area contributed by atoms with Crippen LogP contribution in [0.1, 0.15) is 22.3 Å². The molecule has 0 unspecified atom stereocenters. The molecule has 0 saturated carbocycles. The normalized spacial score (nSPS) is 10.7. The first-order valence-electron chi connectivity index (χ1n) is 8.80. The van der Waals surface area contributed by atoms with Gasteiger partial charge >= 0.3 is 0 Å². The van der Waals surface area contributed by atoms with Gasteiger partial charge in [0.2, 0.25) is 0 Å². The lowest BCUT2D eigenvalue weighted by Gasteiger charge is -2.12. The predicted octanol–water partition coefficient (Wildman–Crippen LogP) is 5.97. The minimum atomic E-state index is 0.420. The van der Waals surface area contributed by atoms with Crippen molar-refractivity contribution in [3.05, 3.63) is 93.5 Å². The maximum atomic E-state index is 9.55. The maximum absolute atomic E-state index is 9.55. The van der Waals surface area contributed by atoms with Crippen molar-refractivity contribution < 1.29 is 9.47 Å². The highest BCUT2D eigenvalue weighted by Crippen LogP contribution is 2.30. The fraction of sp³-hybridized carbons (Fsp3) is 0.0833. The van der Waals surface area contributed by atoms with Crippen LogP contribution >= 0.6 is 15.9 Å². The molecule has 3 aromatic rings. The summed E-state index contributed by atoms with van der Waals surface area (Å²) in [4.78, 5) is 0. The van der Waals surface area contributed by atoms with Gasteiger partial charge in [0.15, 0.2) is 11.5 Å². The molecule has 3 rings (SSSR count). The molecule has 0 fully saturated rings. The van der Waals surface area contributed by atoms with Crippen LogP contribution in [0.25, 0.3) is 11.6 Å². The Morgan fingerprint density at radius 2 is 1.79 bits per heavy atom. The van der Waals surface area contributed by atoms with E-state index >= 15 is 0 Å². The fourth-order valence-electron chi connectivity index (χ4n) is 2.74. The number of hydrogen-bond donors (Lipinski definition) is 0. The van der Waals surface area contributed by atoms with Crippen molar-refractivity contribution in [1.29, 1.82) is 10.5 Å². The van der Waals surface area contributed by atoms with Gasteiger partial charge in [-0.05, 0) is 59.2 Å². The number of allylic oxidation sites excluding steroid dienone is 1. The van der Waals surface area contributed by atoms with Crippen molar-refractivity contribution in [3.63, 3.8) is 0 Å². The first kappa shape index (κ1) is 20.2. The predicted molar refractivity (Wildman–Crippen MR) is 116 cm³/mol. The monoisotopic (exact) mass is 444 g/mol. The number of methoxy groups -OCH3 is 1. The van der Waals surface area contributed by atoms with Crippen molar-refractivity contribution >= 4 is 27.6 Å². The molecule has 142 valence electrons. The summed E-state index contributed by atoms with van der Waals surface area (Å²) in [6.07, 6.45) is 1.76. The van der Waals surface area contributed by atoms with E-state index in [0.717, 1.165) is 15.6 Å². The Balaban J connectivity index is 1.83. The molecule has 0 aliphatic heterocycles. The molecule has 0 N–H and O–H groups in total. The van der Waals surface area contributed by atoms with Crippen LogP contribution < -0.4 is 9.47 Å². The highest BCUT2D eigenvalue weighted by molar-refractivity contribution is 9.10. The molecule has 29 heavy (non-hydrogen) atoms. The Hall–Kier alpha value is -3.54. The molecule has 0 radical (unpaired) electrons. The fourth-order valence-corrected chi connectivity index (χ4v) is 3.00. The molecule has 3 aromatic carbocycles. The van der Waals surface area contributed by atoms with E-state index in [4.69, 9.17) is 14.7 Å². The minimum Gasteiger partial charge on any atom is -0.493 e. The lowest BCUT2D eigenvalue weighted by atomic mass is 10.0. The summed E-state index contributed by atoms with van der Waals surface area (Å²) in [7, 11) is 1.58. The highest BCUT2D eigenvalue weighted by Gasteiger charge is 2.08. The van der Waals surface area contributed by atoms with Crippen molar-refractivity contribution in [2.75, 3.05) is 7.11 Å². The van der Waals surface area contributed by atoms with E-state index in [9.17, 15) is 5.26 Å². The molecule has 0 aliphatic rings. The number of rotatable bonds is 6. The molecular formula is C24H17BrN2O2. The Morgan fingerprint density at radius 3 is 2.48 bits per heavy atom. The van der Waals surface area contributed by atoms with Gasteiger partial charge in [-0.1, -0.05) is 46.3 Å². The van der Waals surface area contributed by atoms with E-state index in [0.29, 0.717) is 34.8 Å². The topological polar surface area (TPSA) is 66.0 Å². The largest absolute Gasteiger partial charge is 0.493 e. The molecule has 0 aromatic heterocycles. The van der Waals surface area contributed by atoms with Gasteiger partial charge in [0.1, 0.15) is 6.61 Å². The average molecular weight is 445 g/mol. The molecule has 0 amide bonds. The second-order valence-corrected chi connectivity index (χ2v) is 7.10. The third-order valence-electron chi connectivity index (χ3n) is 4.23. The van der Waals surface area contributed by atoms with E-state index < -0.39 is 0 Å². The van der Waals surface area contributed by atoms with Crippen molar-refractivity contribution in [2.24, 2.45) is 0 Å². The quantitative estimate of drug-likeness (QED) is 0.346. The van der Waals surface area contributed by atoms with E-state index in [-0.39, 0.29) is 0 Å². The smallest absolute Gasteiger partial charge is 0.161 e. The zero-order valence-electron chi connectivity index (χ0n) is 15.7. The maximum Gasteiger partial charge on any atom is 0.161 e. The third-order valence-corrected chi connectivity index (χ3v) is 4.76. The molecule has 5 heteroatoms. The van der Waals surface area contributed by atoms with Crippen LogP contribution in [0.3, 0.4) is 0 Å². The van der Waals surface area contributed by atoms with Crippen LogP contribution in [-0.2, 0) is 6.61 Å². The molecule has 0 bridgehead atoms. The highest BCUT2D eigenvalue weighted by atomic mass is 79.9. The third kappa shape index (κ3) is 5.25. The van der Waals surface area contributed by atoms with E-state index in [2.05, 4.69) is 28.1 Å². The van der Waals surface area contributed by atoms with Crippen LogP contribution in [0.2, 0.25) is 0 Å². The molecule has 0 heterocycles. The summed E-state index contributed by atoms with van der Waals surface area (Å²) in [5, 5.41) is 18.6. The van der Waals surface area contributed by atoms with Gasteiger partial charge in [0.25, 0.3) is 0 Å². The van der Waals surface area contributed by atoms with Crippen LogP contribution in [0.4, 0.5) is 0 Å². The van der Waals surface area contributed by atoms with Gasteiger partial charge in [-0.2, -0.15) is 10.5 Å². The van der Waals surface area contributed by atoms with Crippen molar-refractivity contribution in [2.45, 2.75) is 6.61 Å². The first-order valence-corrected chi connectivity index (χ1v) is 9.60. The molecule has 0 saturated heterocycles. The van der Waals surface area contributed by atoms with Crippen LogP contribution in [0.15, 0.2) is 71.2 Å². The van der Waals surface area contributed by atoms with E-state index in [1.807, 2.05) is 48.5 Å². The summed E-state index contributed by atoms with van der Waals surface area (Å²) in [5.41, 5.74) is 3.52. The van der Waals surface area contributed by atoms with E-state index in [1.165, 1.54) is 0 Å². The number of ether oxygens (including phenoxy) is 2. The second kappa shape index (κ2) is 9.59. The van der Waals surface area contributed by atoms with Gasteiger partial charge in [-0.3, -0.25) is 0 Å². The molecule has 0 atom stereocenters. The molecule has 0 spiro atoms. The van der Waals surface area contributed by atoms with Crippen LogP contribution in [0.5, 0.6) is 11.5 Å². The number of hydrogen-bond acceptors (Lipinski definition) is 4. The number of nitriles is 2. The van der Waals surface area contributed by atoms with Crippen molar-refractivity contribution in [3.8, 4) is 23.6 Å². The zero-order chi connectivity index (χ0) is 20.6. The second-order valence-electron chi connectivity index (χ2n) is 6.19. The Kier molecular flexibility index (Phi) is 6.68. The van der Waals surface area contributed by atoms with Gasteiger partial charge in [0.05, 0.1) is 30.4 Å². The van der Waals surface area contributed by atoms with Gasteiger partial charge < -0.3 is 9.47 Å². The Bertz CT molecular complexity index is 1120. The minimum absolute atomic E-state index is 0.420. The summed E-state index contributed by atoms with van der Waals surface area (Å²) in [5.74, 6) is 1.21. The lowest BCUT2D eigenvalue weighted by Crippen LogP contribution is -1.98. The standard InChI is InChI=1S/C24H17BrN2O2/c1-28-24-13-18(11-21(15-27)20-4-2-3-19(12-20)14-26)7-10-23(24)29-16-17-5-8-22(25)9-6-17/h2-13H,16H2,1H3/b21-11-. The van der Waals surface area contributed by atoms with Crippen LogP contribution in [0, 0.1) is 22.7 Å². The van der Waals surface area contributed by atoms with Crippen LogP contribution in [-0.4, -0.2) is 7.11 Å². The summed E-state index contributed by atoms with van der Waals surface area (Å²) < 4.78 is 12.4. The summed E-state index contributed by atoms with van der Waals surface area (Å²) >= 11 is 3.42. The number of nitrogens with zero attached hydrogens (tertiary/aromatic N) is 2. The molecular weight excluding hydrogens is 428 g/mol. The Labute approximate surface area is 178 Å². The average Bonchev–Trinajstić information content (AvgIpc) is 2.77. The number of benzene rings is 3. The molecule has 4 nitrogen and oxygen atoms in total. The molecule has 0 aliphatic carbocycles. The summed E-state index contributed by atoms with van der Waals surface area (Å²) in [6.45, 7) is 0.420. The van der Waals surface area contributed by atoms with E-state index in [1.54, 1.807) is 31.4 Å². The number of halogens is 1. The SMILES string of the molecule is COc1cc(/C=C(/C#N)c2cccc(C#N)c2)ccc1OCc1ccc(Br)cc1. The van der Waals surface area contributed by atoms with Crippen molar-refractivity contribution in [1.82, 2.24) is 0 Å². The van der Waals surface area contributed by atoms with Gasteiger partial charge in [-0.25, -0.2) is 0 Å². The summed E-state index contributed by atoms with van der Waals surface area (Å²) in [6, 6.07) is 24.7. The van der Waals surface area contributed by atoms with Gasteiger partial charge in [0, 0.05) is 4.47 Å². The lowest BCUT2D eigenvalue weighted by molar-refractivity contribution is 0.284. The van der Waals surface area contributed by atoms with Gasteiger partial charge in [-0.15, -0.1) is 0 Å².